The fourth-order valence-corrected chi connectivity index (χ4v) is 6.10. The van der Waals surface area contributed by atoms with Gasteiger partial charge in [0, 0.05) is 19.3 Å². The average Bonchev–Trinajstić information content (AvgIpc) is 3.06. The van der Waals surface area contributed by atoms with Gasteiger partial charge in [0.25, 0.3) is 0 Å². The van der Waals surface area contributed by atoms with Crippen molar-refractivity contribution >= 4 is 17.9 Å². The Labute approximate surface area is 298 Å². The predicted octanol–water partition coefficient (Wildman–Crippen LogP) is 12.8. The number of hydrogen-bond donors (Lipinski definition) is 0. The maximum absolute atomic E-state index is 12.6. The van der Waals surface area contributed by atoms with E-state index in [9.17, 15) is 14.4 Å². The van der Waals surface area contributed by atoms with Crippen LogP contribution in [0.15, 0.2) is 0 Å². The molecular formula is C42H80O6. The molecule has 284 valence electrons. The summed E-state index contributed by atoms with van der Waals surface area (Å²) in [7, 11) is 0. The zero-order valence-electron chi connectivity index (χ0n) is 32.4. The highest BCUT2D eigenvalue weighted by molar-refractivity contribution is 5.71. The van der Waals surface area contributed by atoms with Crippen molar-refractivity contribution in [3.05, 3.63) is 0 Å². The van der Waals surface area contributed by atoms with Gasteiger partial charge in [0.2, 0.25) is 0 Å². The smallest absolute Gasteiger partial charge is 0.306 e. The molecule has 0 N–H and O–H groups in total. The summed E-state index contributed by atoms with van der Waals surface area (Å²) < 4.78 is 16.6. The number of unbranched alkanes of at least 4 members (excludes halogenated alkanes) is 24. The van der Waals surface area contributed by atoms with Crippen LogP contribution in [-0.2, 0) is 28.6 Å². The monoisotopic (exact) mass is 681 g/mol. The van der Waals surface area contributed by atoms with Crippen molar-refractivity contribution < 1.29 is 28.6 Å². The number of esters is 3. The summed E-state index contributed by atoms with van der Waals surface area (Å²) in [5.74, 6) is -0.0717. The fourth-order valence-electron chi connectivity index (χ4n) is 6.10. The Morgan fingerprint density at radius 2 is 0.688 bits per heavy atom. The van der Waals surface area contributed by atoms with Crippen LogP contribution >= 0.6 is 0 Å². The quantitative estimate of drug-likeness (QED) is 0.0369. The van der Waals surface area contributed by atoms with Crippen molar-refractivity contribution in [2.24, 2.45) is 5.92 Å². The molecule has 0 bridgehead atoms. The molecule has 0 fully saturated rings. The minimum absolute atomic E-state index is 0.0650. The van der Waals surface area contributed by atoms with E-state index < -0.39 is 6.10 Å². The van der Waals surface area contributed by atoms with Gasteiger partial charge in [0.1, 0.15) is 13.2 Å². The second kappa shape index (κ2) is 36.7. The summed E-state index contributed by atoms with van der Waals surface area (Å²) in [6, 6.07) is 0. The van der Waals surface area contributed by atoms with E-state index in [2.05, 4.69) is 27.7 Å². The molecule has 0 heterocycles. The third-order valence-corrected chi connectivity index (χ3v) is 9.29. The molecule has 0 spiro atoms. The Hall–Kier alpha value is -1.59. The lowest BCUT2D eigenvalue weighted by atomic mass is 10.0. The van der Waals surface area contributed by atoms with Gasteiger partial charge in [-0.3, -0.25) is 14.4 Å². The first-order chi connectivity index (χ1) is 23.4. The van der Waals surface area contributed by atoms with Crippen LogP contribution in [0.4, 0.5) is 0 Å². The lowest BCUT2D eigenvalue weighted by molar-refractivity contribution is -0.167. The molecule has 0 aliphatic rings. The molecule has 48 heavy (non-hydrogen) atoms. The minimum atomic E-state index is -0.757. The van der Waals surface area contributed by atoms with E-state index in [0.717, 1.165) is 63.7 Å². The number of carbonyl (C=O) groups is 3. The Balaban J connectivity index is 4.35. The third kappa shape index (κ3) is 35.7. The van der Waals surface area contributed by atoms with E-state index in [-0.39, 0.29) is 31.1 Å². The van der Waals surface area contributed by atoms with Crippen LogP contribution in [0.1, 0.15) is 227 Å². The van der Waals surface area contributed by atoms with Gasteiger partial charge in [-0.25, -0.2) is 0 Å². The Morgan fingerprint density at radius 1 is 0.396 bits per heavy atom. The van der Waals surface area contributed by atoms with Crippen LogP contribution < -0.4 is 0 Å². The molecule has 1 atom stereocenters. The first-order valence-corrected chi connectivity index (χ1v) is 20.9. The molecule has 6 heteroatoms. The van der Waals surface area contributed by atoms with Crippen molar-refractivity contribution in [3.63, 3.8) is 0 Å². The van der Waals surface area contributed by atoms with Gasteiger partial charge in [0.05, 0.1) is 0 Å². The molecule has 0 aromatic heterocycles. The standard InChI is InChI=1S/C42H80O6/c1-5-7-9-11-13-15-17-22-26-30-34-41(44)47-37-39(36-46-40(43)33-29-25-21-16-14-12-10-8-6-2)48-42(45)35-31-27-23-19-18-20-24-28-32-38(3)4/h38-39H,5-37H2,1-4H3/t39-/m0/s1. The largest absolute Gasteiger partial charge is 0.462 e. The molecule has 0 rings (SSSR count). The zero-order valence-corrected chi connectivity index (χ0v) is 32.4. The summed E-state index contributed by atoms with van der Waals surface area (Å²) in [6.07, 6.45) is 33.8. The topological polar surface area (TPSA) is 78.9 Å². The van der Waals surface area contributed by atoms with E-state index >= 15 is 0 Å². The van der Waals surface area contributed by atoms with Crippen molar-refractivity contribution in [2.45, 2.75) is 233 Å². The highest BCUT2D eigenvalue weighted by atomic mass is 16.6. The predicted molar refractivity (Wildman–Crippen MR) is 201 cm³/mol. The van der Waals surface area contributed by atoms with Crippen molar-refractivity contribution in [3.8, 4) is 0 Å². The van der Waals surface area contributed by atoms with Gasteiger partial charge in [-0.1, -0.05) is 188 Å². The van der Waals surface area contributed by atoms with E-state index in [1.54, 1.807) is 0 Å². The molecule has 6 nitrogen and oxygen atoms in total. The lowest BCUT2D eigenvalue weighted by Gasteiger charge is -2.18. The van der Waals surface area contributed by atoms with Crippen LogP contribution in [0.2, 0.25) is 0 Å². The van der Waals surface area contributed by atoms with Gasteiger partial charge >= 0.3 is 17.9 Å². The second-order valence-electron chi connectivity index (χ2n) is 14.7. The average molecular weight is 681 g/mol. The van der Waals surface area contributed by atoms with Crippen LogP contribution in [-0.4, -0.2) is 37.2 Å². The molecular weight excluding hydrogens is 600 g/mol. The summed E-state index contributed by atoms with van der Waals surface area (Å²) in [4.78, 5) is 37.5. The maximum Gasteiger partial charge on any atom is 0.306 e. The molecule has 0 saturated carbocycles. The Morgan fingerprint density at radius 3 is 1.02 bits per heavy atom. The normalized spacial score (nSPS) is 11.9. The zero-order chi connectivity index (χ0) is 35.3. The lowest BCUT2D eigenvalue weighted by Crippen LogP contribution is -2.30. The van der Waals surface area contributed by atoms with Crippen molar-refractivity contribution in [1.29, 1.82) is 0 Å². The van der Waals surface area contributed by atoms with Gasteiger partial charge in [-0.2, -0.15) is 0 Å². The molecule has 0 aliphatic heterocycles. The molecule has 0 radical (unpaired) electrons. The van der Waals surface area contributed by atoms with E-state index in [0.29, 0.717) is 19.3 Å². The van der Waals surface area contributed by atoms with Crippen LogP contribution in [0.25, 0.3) is 0 Å². The second-order valence-corrected chi connectivity index (χ2v) is 14.7. The fraction of sp³-hybridized carbons (Fsp3) is 0.929. The Bertz CT molecular complexity index is 721. The van der Waals surface area contributed by atoms with E-state index in [4.69, 9.17) is 14.2 Å². The summed E-state index contributed by atoms with van der Waals surface area (Å²) in [5.41, 5.74) is 0. The summed E-state index contributed by atoms with van der Waals surface area (Å²) in [6.45, 7) is 8.91. The van der Waals surface area contributed by atoms with Gasteiger partial charge < -0.3 is 14.2 Å². The molecule has 0 aliphatic carbocycles. The molecule has 0 amide bonds. The molecule has 0 saturated heterocycles. The Kier molecular flexibility index (Phi) is 35.5. The SMILES string of the molecule is CCCCCCCCCCCCC(=O)OC[C@H](COC(=O)CCCCCCCCCCC)OC(=O)CCCCCCCCCCC(C)C. The molecule has 0 aromatic rings. The maximum atomic E-state index is 12.6. The van der Waals surface area contributed by atoms with Gasteiger partial charge in [-0.15, -0.1) is 0 Å². The van der Waals surface area contributed by atoms with Crippen molar-refractivity contribution in [1.82, 2.24) is 0 Å². The van der Waals surface area contributed by atoms with E-state index in [1.807, 2.05) is 0 Å². The van der Waals surface area contributed by atoms with Crippen LogP contribution in [0.3, 0.4) is 0 Å². The van der Waals surface area contributed by atoms with Crippen LogP contribution in [0.5, 0.6) is 0 Å². The first-order valence-electron chi connectivity index (χ1n) is 20.9. The molecule has 0 aromatic carbocycles. The molecule has 0 unspecified atom stereocenters. The van der Waals surface area contributed by atoms with Gasteiger partial charge in [0.15, 0.2) is 6.10 Å². The third-order valence-electron chi connectivity index (χ3n) is 9.29. The van der Waals surface area contributed by atoms with E-state index in [1.165, 1.54) is 122 Å². The van der Waals surface area contributed by atoms with Crippen LogP contribution in [0, 0.1) is 5.92 Å². The highest BCUT2D eigenvalue weighted by Crippen LogP contribution is 2.15. The first kappa shape index (κ1) is 46.4. The summed E-state index contributed by atoms with van der Waals surface area (Å²) in [5, 5.41) is 0. The van der Waals surface area contributed by atoms with Gasteiger partial charge in [-0.05, 0) is 25.2 Å². The number of rotatable bonds is 37. The number of ether oxygens (including phenoxy) is 3. The highest BCUT2D eigenvalue weighted by Gasteiger charge is 2.19. The number of hydrogen-bond acceptors (Lipinski definition) is 6. The number of carbonyl (C=O) groups excluding carboxylic acids is 3. The minimum Gasteiger partial charge on any atom is -0.462 e. The van der Waals surface area contributed by atoms with Crippen molar-refractivity contribution in [2.75, 3.05) is 13.2 Å². The summed E-state index contributed by atoms with van der Waals surface area (Å²) >= 11 is 0.